The van der Waals surface area contributed by atoms with E-state index in [9.17, 15) is 13.2 Å². The summed E-state index contributed by atoms with van der Waals surface area (Å²) in [5.74, 6) is -1.27. The van der Waals surface area contributed by atoms with E-state index in [0.717, 1.165) is 11.3 Å². The Kier molecular flexibility index (Phi) is 4.62. The van der Waals surface area contributed by atoms with Crippen molar-refractivity contribution in [2.24, 2.45) is 0 Å². The Hall–Kier alpha value is -1.43. The van der Waals surface area contributed by atoms with Gasteiger partial charge in [-0.3, -0.25) is 0 Å². The van der Waals surface area contributed by atoms with Crippen molar-refractivity contribution in [2.45, 2.75) is 17.7 Å². The van der Waals surface area contributed by atoms with Crippen molar-refractivity contribution >= 4 is 27.3 Å². The zero-order valence-corrected chi connectivity index (χ0v) is 10.3. The molecular weight excluding hydrogens is 264 g/mol. The van der Waals surface area contributed by atoms with Crippen molar-refractivity contribution in [3.63, 3.8) is 0 Å². The highest BCUT2D eigenvalue weighted by molar-refractivity contribution is 7.89. The summed E-state index contributed by atoms with van der Waals surface area (Å²) in [5, 5.41) is 18.5. The molecule has 92 valence electrons. The number of nitrogens with one attached hydrogen (secondary N) is 1. The first-order chi connectivity index (χ1) is 7.99. The molecule has 1 heterocycles. The third kappa shape index (κ3) is 3.52. The minimum Gasteiger partial charge on any atom is -0.477 e. The number of carboxylic acids is 1. The van der Waals surface area contributed by atoms with Gasteiger partial charge in [0.05, 0.1) is 6.07 Å². The molecule has 0 aliphatic carbocycles. The average Bonchev–Trinajstić information content (AvgIpc) is 2.74. The van der Waals surface area contributed by atoms with Crippen LogP contribution in [0.3, 0.4) is 0 Å². The van der Waals surface area contributed by atoms with Gasteiger partial charge in [0, 0.05) is 13.0 Å². The number of nitrogens with zero attached hydrogens (tertiary/aromatic N) is 1. The lowest BCUT2D eigenvalue weighted by atomic mass is 10.3. The molecule has 0 atom stereocenters. The molecule has 1 aromatic heterocycles. The van der Waals surface area contributed by atoms with Crippen LogP contribution in [-0.4, -0.2) is 26.0 Å². The molecule has 0 unspecified atom stereocenters. The van der Waals surface area contributed by atoms with Gasteiger partial charge in [0.1, 0.15) is 9.77 Å². The summed E-state index contributed by atoms with van der Waals surface area (Å²) in [6.07, 6.45) is 0.639. The van der Waals surface area contributed by atoms with E-state index in [4.69, 9.17) is 10.4 Å². The third-order valence-electron chi connectivity index (χ3n) is 1.87. The van der Waals surface area contributed by atoms with Crippen LogP contribution in [0.25, 0.3) is 0 Å². The second-order valence-corrected chi connectivity index (χ2v) is 5.73. The largest absolute Gasteiger partial charge is 0.477 e. The Morgan fingerprint density at radius 2 is 2.29 bits per heavy atom. The van der Waals surface area contributed by atoms with Crippen LogP contribution in [0.4, 0.5) is 0 Å². The molecule has 17 heavy (non-hydrogen) atoms. The molecule has 0 aliphatic heterocycles. The van der Waals surface area contributed by atoms with Crippen molar-refractivity contribution in [1.82, 2.24) is 4.72 Å². The molecule has 0 spiro atoms. The number of rotatable bonds is 6. The molecule has 0 saturated carbocycles. The number of aromatic carboxylic acids is 1. The summed E-state index contributed by atoms with van der Waals surface area (Å²) in [6, 6.07) is 3.14. The van der Waals surface area contributed by atoms with E-state index in [1.807, 2.05) is 6.07 Å². The lowest BCUT2D eigenvalue weighted by molar-refractivity contribution is 0.0698. The number of sulfonamides is 1. The molecule has 0 fully saturated rings. The first kappa shape index (κ1) is 13.6. The first-order valence-corrected chi connectivity index (χ1v) is 7.02. The highest BCUT2D eigenvalue weighted by atomic mass is 32.2. The van der Waals surface area contributed by atoms with E-state index in [1.165, 1.54) is 11.4 Å². The summed E-state index contributed by atoms with van der Waals surface area (Å²) in [5.41, 5.74) is 0. The standard InChI is InChI=1S/C9H10N2O4S2/c10-4-1-2-5-11-17(14,15)7-3-6-16-8(7)9(12)13/h3,6,11H,1-2,5H2,(H,12,13). The highest BCUT2D eigenvalue weighted by Crippen LogP contribution is 2.21. The van der Waals surface area contributed by atoms with Crippen LogP contribution in [0.5, 0.6) is 0 Å². The van der Waals surface area contributed by atoms with E-state index < -0.39 is 16.0 Å². The van der Waals surface area contributed by atoms with Crippen LogP contribution in [0, 0.1) is 11.3 Å². The summed E-state index contributed by atoms with van der Waals surface area (Å²) in [7, 11) is -3.80. The molecule has 0 aliphatic rings. The normalized spacial score (nSPS) is 11.0. The second kappa shape index (κ2) is 5.77. The Labute approximate surface area is 103 Å². The van der Waals surface area contributed by atoms with Crippen LogP contribution in [0.2, 0.25) is 0 Å². The predicted octanol–water partition coefficient (Wildman–Crippen LogP) is 1.03. The topological polar surface area (TPSA) is 107 Å². The molecule has 0 bridgehead atoms. The number of hydrogen-bond donors (Lipinski definition) is 2. The molecule has 0 aromatic carbocycles. The molecule has 6 nitrogen and oxygen atoms in total. The van der Waals surface area contributed by atoms with Crippen molar-refractivity contribution in [1.29, 1.82) is 5.26 Å². The zero-order chi connectivity index (χ0) is 12.9. The molecule has 0 saturated heterocycles. The highest BCUT2D eigenvalue weighted by Gasteiger charge is 2.22. The van der Waals surface area contributed by atoms with Crippen LogP contribution >= 0.6 is 11.3 Å². The van der Waals surface area contributed by atoms with Gasteiger partial charge in [-0.15, -0.1) is 11.3 Å². The van der Waals surface area contributed by atoms with Crippen molar-refractivity contribution in [3.8, 4) is 6.07 Å². The van der Waals surface area contributed by atoms with E-state index in [-0.39, 0.29) is 22.7 Å². The number of thiophene rings is 1. The third-order valence-corrected chi connectivity index (χ3v) is 4.41. The fraction of sp³-hybridized carbons (Fsp3) is 0.333. The van der Waals surface area contributed by atoms with Gasteiger partial charge < -0.3 is 5.11 Å². The van der Waals surface area contributed by atoms with E-state index in [1.54, 1.807) is 0 Å². The maximum absolute atomic E-state index is 11.7. The number of nitriles is 1. The molecular formula is C9H10N2O4S2. The Morgan fingerprint density at radius 1 is 1.59 bits per heavy atom. The predicted molar refractivity (Wildman–Crippen MR) is 61.3 cm³/mol. The van der Waals surface area contributed by atoms with Gasteiger partial charge in [-0.05, 0) is 17.9 Å². The smallest absolute Gasteiger partial charge is 0.347 e. The van der Waals surface area contributed by atoms with Gasteiger partial charge in [0.25, 0.3) is 0 Å². The molecule has 0 amide bonds. The van der Waals surface area contributed by atoms with Gasteiger partial charge in [0.15, 0.2) is 0 Å². The number of carbonyl (C=O) groups is 1. The molecule has 0 radical (unpaired) electrons. The molecule has 2 N–H and O–H groups in total. The number of carboxylic acid groups (broad SMARTS) is 1. The van der Waals surface area contributed by atoms with E-state index in [2.05, 4.69) is 4.72 Å². The van der Waals surface area contributed by atoms with Gasteiger partial charge in [0.2, 0.25) is 10.0 Å². The average molecular weight is 274 g/mol. The first-order valence-electron chi connectivity index (χ1n) is 4.66. The van der Waals surface area contributed by atoms with Crippen LogP contribution in [0.1, 0.15) is 22.5 Å². The summed E-state index contributed by atoms with van der Waals surface area (Å²) >= 11 is 0.857. The van der Waals surface area contributed by atoms with Gasteiger partial charge in [-0.25, -0.2) is 17.9 Å². The molecule has 1 aromatic rings. The van der Waals surface area contributed by atoms with Crippen LogP contribution in [-0.2, 0) is 10.0 Å². The lowest BCUT2D eigenvalue weighted by Crippen LogP contribution is -2.25. The summed E-state index contributed by atoms with van der Waals surface area (Å²) in [6.45, 7) is 0.116. The number of hydrogen-bond acceptors (Lipinski definition) is 5. The molecule has 1 rings (SSSR count). The quantitative estimate of drug-likeness (QED) is 0.753. The SMILES string of the molecule is N#CCCCNS(=O)(=O)c1ccsc1C(=O)O. The molecule has 8 heteroatoms. The minimum atomic E-state index is -3.80. The Balaban J connectivity index is 2.80. The lowest BCUT2D eigenvalue weighted by Gasteiger charge is -2.04. The van der Waals surface area contributed by atoms with Gasteiger partial charge >= 0.3 is 5.97 Å². The van der Waals surface area contributed by atoms with E-state index in [0.29, 0.717) is 6.42 Å². The Morgan fingerprint density at radius 3 is 2.88 bits per heavy atom. The van der Waals surface area contributed by atoms with E-state index >= 15 is 0 Å². The zero-order valence-electron chi connectivity index (χ0n) is 8.71. The van der Waals surface area contributed by atoms with Crippen LogP contribution < -0.4 is 4.72 Å². The van der Waals surface area contributed by atoms with Crippen molar-refractivity contribution < 1.29 is 18.3 Å². The van der Waals surface area contributed by atoms with Gasteiger partial charge in [-0.1, -0.05) is 0 Å². The van der Waals surface area contributed by atoms with Gasteiger partial charge in [-0.2, -0.15) is 5.26 Å². The van der Waals surface area contributed by atoms with Crippen molar-refractivity contribution in [3.05, 3.63) is 16.3 Å². The monoisotopic (exact) mass is 274 g/mol. The Bertz CT molecular complexity index is 542. The summed E-state index contributed by atoms with van der Waals surface area (Å²) in [4.78, 5) is 10.3. The fourth-order valence-electron chi connectivity index (χ4n) is 1.12. The van der Waals surface area contributed by atoms with Crippen molar-refractivity contribution in [2.75, 3.05) is 6.54 Å². The maximum Gasteiger partial charge on any atom is 0.347 e. The maximum atomic E-state index is 11.7. The summed E-state index contributed by atoms with van der Waals surface area (Å²) < 4.78 is 25.7. The minimum absolute atomic E-state index is 0.116. The second-order valence-electron chi connectivity index (χ2n) is 3.08. The number of unbranched alkanes of at least 4 members (excludes halogenated alkanes) is 1. The van der Waals surface area contributed by atoms with Crippen LogP contribution in [0.15, 0.2) is 16.3 Å². The fourth-order valence-corrected chi connectivity index (χ4v) is 3.45.